The summed E-state index contributed by atoms with van der Waals surface area (Å²) in [5.41, 5.74) is 3.75. The number of nitrogens with zero attached hydrogens (tertiary/aromatic N) is 3. The number of carbonyl (C=O) groups excluding carboxylic acids is 1. The maximum atomic E-state index is 12.4. The molecule has 2 aliphatic rings. The van der Waals surface area contributed by atoms with E-state index >= 15 is 0 Å². The Kier molecular flexibility index (Phi) is 3.87. The van der Waals surface area contributed by atoms with Gasteiger partial charge in [0.2, 0.25) is 0 Å². The van der Waals surface area contributed by atoms with E-state index in [1.165, 1.54) is 16.9 Å². The van der Waals surface area contributed by atoms with Gasteiger partial charge in [0.25, 0.3) is 5.91 Å². The van der Waals surface area contributed by atoms with E-state index < -0.39 is 0 Å². The molecule has 1 amide bonds. The molecule has 3 heterocycles. The third-order valence-corrected chi connectivity index (χ3v) is 5.80. The number of likely N-dealkylation sites (tertiary alicyclic amines) is 2. The molecule has 0 aliphatic carbocycles. The van der Waals surface area contributed by atoms with Gasteiger partial charge in [0.15, 0.2) is 0 Å². The van der Waals surface area contributed by atoms with Crippen molar-refractivity contribution in [1.29, 1.82) is 0 Å². The second-order valence-electron chi connectivity index (χ2n) is 6.59. The normalized spacial score (nSPS) is 20.0. The third kappa shape index (κ3) is 2.89. The van der Waals surface area contributed by atoms with Crippen LogP contribution in [0.5, 0.6) is 0 Å². The van der Waals surface area contributed by atoms with Crippen molar-refractivity contribution >= 4 is 28.8 Å². The first kappa shape index (κ1) is 15.1. The number of rotatable bonds is 3. The minimum absolute atomic E-state index is 0.0766. The number of hydrogen-bond donors (Lipinski definition) is 0. The maximum absolute atomic E-state index is 12.4. The zero-order chi connectivity index (χ0) is 15.9. The number of aromatic nitrogens is 1. The zero-order valence-corrected chi connectivity index (χ0v) is 14.3. The molecule has 2 saturated heterocycles. The van der Waals surface area contributed by atoms with Gasteiger partial charge >= 0.3 is 0 Å². The van der Waals surface area contributed by atoms with Crippen molar-refractivity contribution in [2.24, 2.45) is 5.41 Å². The van der Waals surface area contributed by atoms with Crippen LogP contribution in [0.3, 0.4) is 0 Å². The molecule has 1 aromatic carbocycles. The van der Waals surface area contributed by atoms with Crippen molar-refractivity contribution < 1.29 is 4.79 Å². The predicted octanol–water partition coefficient (Wildman–Crippen LogP) is 3.14. The van der Waals surface area contributed by atoms with Gasteiger partial charge in [-0.05, 0) is 18.1 Å². The van der Waals surface area contributed by atoms with Gasteiger partial charge in [-0.15, -0.1) is 11.3 Å². The monoisotopic (exact) mass is 347 g/mol. The Morgan fingerprint density at radius 1 is 1.30 bits per heavy atom. The van der Waals surface area contributed by atoms with Gasteiger partial charge in [-0.2, -0.15) is 0 Å². The second-order valence-corrected chi connectivity index (χ2v) is 7.71. The molecule has 0 N–H and O–H groups in total. The van der Waals surface area contributed by atoms with Crippen LogP contribution in [0, 0.1) is 5.41 Å². The average Bonchev–Trinajstić information content (AvgIpc) is 3.17. The number of amides is 1. The molecule has 6 heteroatoms. The third-order valence-electron chi connectivity index (χ3n) is 4.85. The molecule has 2 fully saturated rings. The van der Waals surface area contributed by atoms with Crippen LogP contribution in [0.25, 0.3) is 0 Å². The van der Waals surface area contributed by atoms with Gasteiger partial charge in [0.05, 0.1) is 5.51 Å². The van der Waals surface area contributed by atoms with Crippen LogP contribution >= 0.6 is 22.9 Å². The molecule has 1 spiro atoms. The molecule has 4 nitrogen and oxygen atoms in total. The molecular formula is C17H18ClN3OS. The number of thiazole rings is 1. The summed E-state index contributed by atoms with van der Waals surface area (Å²) in [7, 11) is 0. The predicted molar refractivity (Wildman–Crippen MR) is 91.8 cm³/mol. The molecule has 0 radical (unpaired) electrons. The summed E-state index contributed by atoms with van der Waals surface area (Å²) in [6.45, 7) is 4.66. The molecule has 0 saturated carbocycles. The van der Waals surface area contributed by atoms with Crippen molar-refractivity contribution in [2.45, 2.75) is 13.0 Å². The summed E-state index contributed by atoms with van der Waals surface area (Å²) in [5.74, 6) is 0.0766. The SMILES string of the molecule is O=C(c1cscn1)N1CCC2(CN(Cc3ccccc3Cl)C2)C1. The van der Waals surface area contributed by atoms with Gasteiger partial charge in [-0.25, -0.2) is 4.98 Å². The number of benzene rings is 1. The van der Waals surface area contributed by atoms with Gasteiger partial charge in [0, 0.05) is 48.5 Å². The molecule has 2 aromatic rings. The summed E-state index contributed by atoms with van der Waals surface area (Å²) >= 11 is 7.71. The smallest absolute Gasteiger partial charge is 0.273 e. The van der Waals surface area contributed by atoms with Gasteiger partial charge in [0.1, 0.15) is 5.69 Å². The number of halogens is 1. The highest BCUT2D eigenvalue weighted by Crippen LogP contribution is 2.40. The minimum atomic E-state index is 0.0766. The highest BCUT2D eigenvalue weighted by Gasteiger charge is 2.48. The summed E-state index contributed by atoms with van der Waals surface area (Å²) in [4.78, 5) is 20.9. The molecule has 0 unspecified atom stereocenters. The lowest BCUT2D eigenvalue weighted by Gasteiger charge is -2.48. The summed E-state index contributed by atoms with van der Waals surface area (Å²) < 4.78 is 0. The Balaban J connectivity index is 1.35. The summed E-state index contributed by atoms with van der Waals surface area (Å²) in [6, 6.07) is 8.01. The standard InChI is InChI=1S/C17H18ClN3OS/c18-14-4-2-1-3-13(14)7-20-9-17(10-20)5-6-21(11-17)16(22)15-8-23-12-19-15/h1-4,8,12H,5-7,9-11H2. The molecule has 0 bridgehead atoms. The van der Waals surface area contributed by atoms with Crippen LogP contribution in [-0.4, -0.2) is 46.9 Å². The molecule has 2 aliphatic heterocycles. The van der Waals surface area contributed by atoms with Crippen LogP contribution in [0.2, 0.25) is 5.02 Å². The quantitative estimate of drug-likeness (QED) is 0.855. The van der Waals surface area contributed by atoms with Crippen LogP contribution in [0.15, 0.2) is 35.2 Å². The number of carbonyl (C=O) groups is 1. The Morgan fingerprint density at radius 2 is 2.13 bits per heavy atom. The number of hydrogen-bond acceptors (Lipinski definition) is 4. The highest BCUT2D eigenvalue weighted by molar-refractivity contribution is 7.07. The van der Waals surface area contributed by atoms with Crippen molar-refractivity contribution in [3.05, 3.63) is 51.4 Å². The second kappa shape index (κ2) is 5.89. The molecule has 4 rings (SSSR count). The molecule has 1 aromatic heterocycles. The van der Waals surface area contributed by atoms with Crippen LogP contribution in [-0.2, 0) is 6.54 Å². The lowest BCUT2D eigenvalue weighted by Crippen LogP contribution is -2.57. The molecule has 0 atom stereocenters. The van der Waals surface area contributed by atoms with Crippen LogP contribution in [0.1, 0.15) is 22.5 Å². The topological polar surface area (TPSA) is 36.4 Å². The lowest BCUT2D eigenvalue weighted by atomic mass is 9.79. The molecule has 120 valence electrons. The zero-order valence-electron chi connectivity index (χ0n) is 12.7. The van der Waals surface area contributed by atoms with Crippen molar-refractivity contribution in [2.75, 3.05) is 26.2 Å². The van der Waals surface area contributed by atoms with Crippen molar-refractivity contribution in [1.82, 2.24) is 14.8 Å². The van der Waals surface area contributed by atoms with Crippen LogP contribution < -0.4 is 0 Å². The van der Waals surface area contributed by atoms with E-state index in [4.69, 9.17) is 11.6 Å². The average molecular weight is 348 g/mol. The Hall–Kier alpha value is -1.43. The first-order valence-electron chi connectivity index (χ1n) is 7.78. The fraction of sp³-hybridized carbons (Fsp3) is 0.412. The Bertz CT molecular complexity index is 712. The van der Waals surface area contributed by atoms with E-state index in [-0.39, 0.29) is 11.3 Å². The molecule has 23 heavy (non-hydrogen) atoms. The minimum Gasteiger partial charge on any atom is -0.337 e. The Morgan fingerprint density at radius 3 is 2.87 bits per heavy atom. The van der Waals surface area contributed by atoms with Crippen molar-refractivity contribution in [3.8, 4) is 0 Å². The summed E-state index contributed by atoms with van der Waals surface area (Å²) in [5, 5.41) is 2.66. The van der Waals surface area contributed by atoms with Crippen molar-refractivity contribution in [3.63, 3.8) is 0 Å². The maximum Gasteiger partial charge on any atom is 0.273 e. The fourth-order valence-corrected chi connectivity index (χ4v) is 4.45. The van der Waals surface area contributed by atoms with E-state index in [1.54, 1.807) is 5.51 Å². The fourth-order valence-electron chi connectivity index (χ4n) is 3.73. The van der Waals surface area contributed by atoms with Gasteiger partial charge in [-0.1, -0.05) is 29.8 Å². The largest absolute Gasteiger partial charge is 0.337 e. The van der Waals surface area contributed by atoms with Gasteiger partial charge < -0.3 is 4.90 Å². The van der Waals surface area contributed by atoms with E-state index in [1.807, 2.05) is 28.5 Å². The summed E-state index contributed by atoms with van der Waals surface area (Å²) in [6.07, 6.45) is 1.09. The van der Waals surface area contributed by atoms with E-state index in [0.717, 1.165) is 44.2 Å². The van der Waals surface area contributed by atoms with Crippen LogP contribution in [0.4, 0.5) is 0 Å². The molecular weight excluding hydrogens is 330 g/mol. The lowest BCUT2D eigenvalue weighted by molar-refractivity contribution is 0.00258. The highest BCUT2D eigenvalue weighted by atomic mass is 35.5. The van der Waals surface area contributed by atoms with E-state index in [2.05, 4.69) is 16.0 Å². The first-order valence-corrected chi connectivity index (χ1v) is 9.11. The Labute approximate surface area is 144 Å². The van der Waals surface area contributed by atoms with E-state index in [0.29, 0.717) is 5.69 Å². The van der Waals surface area contributed by atoms with E-state index in [9.17, 15) is 4.79 Å². The van der Waals surface area contributed by atoms with Gasteiger partial charge in [-0.3, -0.25) is 9.69 Å². The first-order chi connectivity index (χ1) is 11.2.